The Morgan fingerprint density at radius 3 is 2.56 bits per heavy atom. The van der Waals surface area contributed by atoms with Gasteiger partial charge in [0.1, 0.15) is 5.82 Å². The highest BCUT2D eigenvalue weighted by Gasteiger charge is 1.98. The van der Waals surface area contributed by atoms with Crippen LogP contribution in [0.15, 0.2) is 18.2 Å². The average molecular weight is 224 g/mol. The van der Waals surface area contributed by atoms with Crippen molar-refractivity contribution >= 4 is 0 Å². The van der Waals surface area contributed by atoms with Gasteiger partial charge in [-0.2, -0.15) is 0 Å². The number of aryl methyl sites for hydroxylation is 1. The number of halogens is 1. The van der Waals surface area contributed by atoms with Crippen molar-refractivity contribution in [3.05, 3.63) is 35.1 Å². The summed E-state index contributed by atoms with van der Waals surface area (Å²) in [5.41, 5.74) is 1.97. The molecule has 0 aliphatic carbocycles. The number of rotatable bonds is 6. The van der Waals surface area contributed by atoms with Crippen molar-refractivity contribution in [2.75, 3.05) is 13.1 Å². The molecule has 0 bridgehead atoms. The van der Waals surface area contributed by atoms with Crippen molar-refractivity contribution < 1.29 is 4.39 Å². The first-order valence-electron chi connectivity index (χ1n) is 5.78. The topological polar surface area (TPSA) is 24.1 Å². The predicted octanol–water partition coefficient (Wildman–Crippen LogP) is 2.22. The molecule has 0 radical (unpaired) electrons. The molecule has 1 aromatic carbocycles. The average Bonchev–Trinajstić information content (AvgIpc) is 2.15. The van der Waals surface area contributed by atoms with Crippen LogP contribution in [0.5, 0.6) is 0 Å². The summed E-state index contributed by atoms with van der Waals surface area (Å²) >= 11 is 0. The van der Waals surface area contributed by atoms with Gasteiger partial charge in [0.25, 0.3) is 0 Å². The molecule has 0 aromatic heterocycles. The first-order chi connectivity index (χ1) is 7.58. The van der Waals surface area contributed by atoms with E-state index >= 15 is 0 Å². The fourth-order valence-corrected chi connectivity index (χ4v) is 1.60. The largest absolute Gasteiger partial charge is 0.313 e. The molecule has 0 unspecified atom stereocenters. The molecule has 0 aliphatic rings. The van der Waals surface area contributed by atoms with E-state index in [1.54, 1.807) is 12.1 Å². The minimum Gasteiger partial charge on any atom is -0.313 e. The molecule has 0 spiro atoms. The lowest BCUT2D eigenvalue weighted by Gasteiger charge is -2.09. The molecule has 0 amide bonds. The Balaban J connectivity index is 2.26. The van der Waals surface area contributed by atoms with Gasteiger partial charge in [0.2, 0.25) is 0 Å². The smallest absolute Gasteiger partial charge is 0.123 e. The van der Waals surface area contributed by atoms with Crippen LogP contribution in [-0.4, -0.2) is 19.1 Å². The number of benzene rings is 1. The van der Waals surface area contributed by atoms with Crippen molar-refractivity contribution in [1.82, 2.24) is 10.6 Å². The summed E-state index contributed by atoms with van der Waals surface area (Å²) in [5, 5.41) is 6.60. The Bertz CT molecular complexity index is 303. The van der Waals surface area contributed by atoms with Gasteiger partial charge in [-0.3, -0.25) is 0 Å². The van der Waals surface area contributed by atoms with Crippen LogP contribution in [0.2, 0.25) is 0 Å². The van der Waals surface area contributed by atoms with Crippen LogP contribution >= 0.6 is 0 Å². The van der Waals surface area contributed by atoms with E-state index < -0.39 is 0 Å². The van der Waals surface area contributed by atoms with Crippen molar-refractivity contribution in [1.29, 1.82) is 0 Å². The third-order valence-corrected chi connectivity index (χ3v) is 2.29. The Hall–Kier alpha value is -0.930. The van der Waals surface area contributed by atoms with Gasteiger partial charge in [-0.1, -0.05) is 19.9 Å². The molecule has 0 aliphatic heterocycles. The second-order valence-corrected chi connectivity index (χ2v) is 4.42. The molecule has 16 heavy (non-hydrogen) atoms. The third kappa shape index (κ3) is 5.24. The van der Waals surface area contributed by atoms with E-state index in [0.717, 1.165) is 30.8 Å². The van der Waals surface area contributed by atoms with Crippen LogP contribution in [0.4, 0.5) is 4.39 Å². The lowest BCUT2D eigenvalue weighted by Crippen LogP contribution is -2.31. The maximum atomic E-state index is 13.1. The molecule has 1 aromatic rings. The highest BCUT2D eigenvalue weighted by molar-refractivity contribution is 5.23. The summed E-state index contributed by atoms with van der Waals surface area (Å²) < 4.78 is 13.1. The van der Waals surface area contributed by atoms with E-state index in [0.29, 0.717) is 6.04 Å². The summed E-state index contributed by atoms with van der Waals surface area (Å²) in [6.07, 6.45) is 0. The van der Waals surface area contributed by atoms with E-state index in [2.05, 4.69) is 24.5 Å². The van der Waals surface area contributed by atoms with Crippen LogP contribution in [0.25, 0.3) is 0 Å². The number of nitrogens with one attached hydrogen (secondary N) is 2. The summed E-state index contributed by atoms with van der Waals surface area (Å²) in [7, 11) is 0. The fourth-order valence-electron chi connectivity index (χ4n) is 1.60. The Morgan fingerprint density at radius 1 is 1.19 bits per heavy atom. The second-order valence-electron chi connectivity index (χ2n) is 4.42. The van der Waals surface area contributed by atoms with Crippen molar-refractivity contribution in [3.63, 3.8) is 0 Å². The summed E-state index contributed by atoms with van der Waals surface area (Å²) in [6, 6.07) is 5.64. The first kappa shape index (κ1) is 13.1. The van der Waals surface area contributed by atoms with Crippen LogP contribution in [-0.2, 0) is 6.54 Å². The van der Waals surface area contributed by atoms with Crippen molar-refractivity contribution in [2.45, 2.75) is 33.4 Å². The van der Waals surface area contributed by atoms with E-state index in [1.807, 2.05) is 13.0 Å². The van der Waals surface area contributed by atoms with Gasteiger partial charge in [0.15, 0.2) is 0 Å². The van der Waals surface area contributed by atoms with Gasteiger partial charge in [-0.25, -0.2) is 4.39 Å². The zero-order chi connectivity index (χ0) is 12.0. The van der Waals surface area contributed by atoms with Crippen LogP contribution < -0.4 is 10.6 Å². The van der Waals surface area contributed by atoms with E-state index in [-0.39, 0.29) is 5.82 Å². The molecular formula is C13H21FN2. The lowest BCUT2D eigenvalue weighted by atomic mass is 10.1. The van der Waals surface area contributed by atoms with Gasteiger partial charge in [-0.15, -0.1) is 0 Å². The minimum atomic E-state index is -0.155. The van der Waals surface area contributed by atoms with Gasteiger partial charge in [0, 0.05) is 25.7 Å². The zero-order valence-corrected chi connectivity index (χ0v) is 10.3. The molecule has 0 saturated carbocycles. The lowest BCUT2D eigenvalue weighted by molar-refractivity contribution is 0.554. The van der Waals surface area contributed by atoms with Gasteiger partial charge in [0.05, 0.1) is 0 Å². The molecule has 0 atom stereocenters. The standard InChI is InChI=1S/C13H21FN2/c1-10(2)16-5-4-15-9-12-6-11(3)7-13(14)8-12/h6-8,10,15-16H,4-5,9H2,1-3H3. The van der Waals surface area contributed by atoms with Crippen LogP contribution in [0, 0.1) is 12.7 Å². The monoisotopic (exact) mass is 224 g/mol. The zero-order valence-electron chi connectivity index (χ0n) is 10.3. The highest BCUT2D eigenvalue weighted by atomic mass is 19.1. The van der Waals surface area contributed by atoms with E-state index in [4.69, 9.17) is 0 Å². The van der Waals surface area contributed by atoms with Crippen molar-refractivity contribution in [3.8, 4) is 0 Å². The third-order valence-electron chi connectivity index (χ3n) is 2.29. The molecule has 0 heterocycles. The summed E-state index contributed by atoms with van der Waals surface area (Å²) in [6.45, 7) is 8.71. The second kappa shape index (κ2) is 6.61. The van der Waals surface area contributed by atoms with Gasteiger partial charge >= 0.3 is 0 Å². The van der Waals surface area contributed by atoms with E-state index in [9.17, 15) is 4.39 Å². The maximum absolute atomic E-state index is 13.1. The predicted molar refractivity (Wildman–Crippen MR) is 66.0 cm³/mol. The van der Waals surface area contributed by atoms with Crippen LogP contribution in [0.1, 0.15) is 25.0 Å². The quantitative estimate of drug-likeness (QED) is 0.724. The maximum Gasteiger partial charge on any atom is 0.123 e. The van der Waals surface area contributed by atoms with Gasteiger partial charge in [-0.05, 0) is 30.2 Å². The molecule has 1 rings (SSSR count). The fraction of sp³-hybridized carbons (Fsp3) is 0.538. The molecular weight excluding hydrogens is 203 g/mol. The highest BCUT2D eigenvalue weighted by Crippen LogP contribution is 2.07. The van der Waals surface area contributed by atoms with E-state index in [1.165, 1.54) is 0 Å². The van der Waals surface area contributed by atoms with Crippen molar-refractivity contribution in [2.24, 2.45) is 0 Å². The Kier molecular flexibility index (Phi) is 5.43. The Morgan fingerprint density at radius 2 is 1.94 bits per heavy atom. The number of hydrogen-bond acceptors (Lipinski definition) is 2. The van der Waals surface area contributed by atoms with Crippen LogP contribution in [0.3, 0.4) is 0 Å². The summed E-state index contributed by atoms with van der Waals surface area (Å²) in [4.78, 5) is 0. The molecule has 3 heteroatoms. The molecule has 90 valence electrons. The number of hydrogen-bond donors (Lipinski definition) is 2. The first-order valence-corrected chi connectivity index (χ1v) is 5.78. The molecule has 0 fully saturated rings. The molecule has 0 saturated heterocycles. The molecule has 2 N–H and O–H groups in total. The normalized spacial score (nSPS) is 11.1. The SMILES string of the molecule is Cc1cc(F)cc(CNCCNC(C)C)c1. The van der Waals surface area contributed by atoms with Gasteiger partial charge < -0.3 is 10.6 Å². The summed E-state index contributed by atoms with van der Waals surface area (Å²) in [5.74, 6) is -0.155. The molecule has 2 nitrogen and oxygen atoms in total. The Labute approximate surface area is 97.3 Å². The minimum absolute atomic E-state index is 0.155.